The molecule has 2 aromatic carbocycles. The van der Waals surface area contributed by atoms with E-state index in [2.05, 4.69) is 5.32 Å². The number of hydrogen-bond acceptors (Lipinski definition) is 6. The molecule has 0 atom stereocenters. The number of carbonyl (C=O) groups is 3. The molecule has 36 heavy (non-hydrogen) atoms. The van der Waals surface area contributed by atoms with Gasteiger partial charge in [-0.2, -0.15) is 0 Å². The van der Waals surface area contributed by atoms with E-state index in [1.165, 1.54) is 18.1 Å². The van der Waals surface area contributed by atoms with E-state index in [1.54, 1.807) is 17.0 Å². The summed E-state index contributed by atoms with van der Waals surface area (Å²) >= 11 is 6.05. The Hall–Kier alpha value is -3.69. The topological polar surface area (TPSA) is 101 Å². The SMILES string of the molecule is COc1ccc(Cl)cc1NC(=O)C(=O)N1CCc2nc3ccccc3c(C(=O)N3CCOCC3)c2C1. The summed E-state index contributed by atoms with van der Waals surface area (Å²) in [6.07, 6.45) is 0.434. The van der Waals surface area contributed by atoms with Crippen molar-refractivity contribution < 1.29 is 23.9 Å². The minimum Gasteiger partial charge on any atom is -0.495 e. The lowest BCUT2D eigenvalue weighted by atomic mass is 9.94. The molecule has 0 spiro atoms. The van der Waals surface area contributed by atoms with Crippen LogP contribution in [0.2, 0.25) is 5.02 Å². The predicted molar refractivity (Wildman–Crippen MR) is 134 cm³/mol. The van der Waals surface area contributed by atoms with Crippen LogP contribution in [0.3, 0.4) is 0 Å². The Balaban J connectivity index is 1.45. The van der Waals surface area contributed by atoms with Crippen LogP contribution in [0.1, 0.15) is 21.6 Å². The number of hydrogen-bond donors (Lipinski definition) is 1. The average Bonchev–Trinajstić information content (AvgIpc) is 2.91. The van der Waals surface area contributed by atoms with Gasteiger partial charge in [-0.05, 0) is 24.3 Å². The first kappa shape index (κ1) is 24.0. The van der Waals surface area contributed by atoms with Crippen molar-refractivity contribution >= 4 is 45.9 Å². The first-order valence-corrected chi connectivity index (χ1v) is 12.1. The maximum atomic E-state index is 13.7. The second-order valence-corrected chi connectivity index (χ2v) is 9.05. The molecule has 3 heterocycles. The maximum Gasteiger partial charge on any atom is 0.314 e. The number of anilines is 1. The van der Waals surface area contributed by atoms with Gasteiger partial charge in [0.1, 0.15) is 5.75 Å². The quantitative estimate of drug-likeness (QED) is 0.546. The Morgan fingerprint density at radius 1 is 1.06 bits per heavy atom. The molecular formula is C26H25ClN4O5. The third-order valence-corrected chi connectivity index (χ3v) is 6.68. The summed E-state index contributed by atoms with van der Waals surface area (Å²) in [5, 5.41) is 3.73. The van der Waals surface area contributed by atoms with E-state index in [-0.39, 0.29) is 12.5 Å². The van der Waals surface area contributed by atoms with Crippen LogP contribution in [-0.2, 0) is 27.3 Å². The van der Waals surface area contributed by atoms with E-state index in [9.17, 15) is 14.4 Å². The number of pyridine rings is 1. The minimum absolute atomic E-state index is 0.109. The average molecular weight is 509 g/mol. The molecule has 10 heteroatoms. The van der Waals surface area contributed by atoms with Crippen LogP contribution in [0.4, 0.5) is 5.69 Å². The molecule has 0 bridgehead atoms. The number of rotatable bonds is 3. The van der Waals surface area contributed by atoms with Gasteiger partial charge in [-0.1, -0.05) is 29.8 Å². The normalized spacial score (nSPS) is 15.4. The lowest BCUT2D eigenvalue weighted by Gasteiger charge is -2.32. The number of halogens is 1. The van der Waals surface area contributed by atoms with Gasteiger partial charge in [-0.25, -0.2) is 0 Å². The zero-order valence-corrected chi connectivity index (χ0v) is 20.5. The molecule has 0 radical (unpaired) electrons. The van der Waals surface area contributed by atoms with E-state index in [0.29, 0.717) is 66.9 Å². The lowest BCUT2D eigenvalue weighted by Crippen LogP contribution is -2.45. The van der Waals surface area contributed by atoms with Crippen LogP contribution in [0, 0.1) is 0 Å². The fourth-order valence-electron chi connectivity index (χ4n) is 4.63. The molecule has 0 unspecified atom stereocenters. The van der Waals surface area contributed by atoms with Crippen LogP contribution in [0.5, 0.6) is 5.75 Å². The van der Waals surface area contributed by atoms with Gasteiger partial charge in [0.25, 0.3) is 5.91 Å². The van der Waals surface area contributed by atoms with Crippen LogP contribution >= 0.6 is 11.6 Å². The zero-order chi connectivity index (χ0) is 25.2. The van der Waals surface area contributed by atoms with Crippen molar-refractivity contribution in [3.8, 4) is 5.75 Å². The second-order valence-electron chi connectivity index (χ2n) is 8.61. The van der Waals surface area contributed by atoms with Gasteiger partial charge in [0.2, 0.25) is 0 Å². The highest BCUT2D eigenvalue weighted by Gasteiger charge is 2.32. The molecule has 3 amide bonds. The summed E-state index contributed by atoms with van der Waals surface area (Å²) in [7, 11) is 1.46. The Morgan fingerprint density at radius 3 is 2.61 bits per heavy atom. The molecule has 1 aromatic heterocycles. The monoisotopic (exact) mass is 508 g/mol. The number of nitrogens with one attached hydrogen (secondary N) is 1. The van der Waals surface area contributed by atoms with Gasteiger partial charge < -0.3 is 24.6 Å². The standard InChI is InChI=1S/C26H25ClN4O5/c1-35-22-7-6-16(27)14-21(22)29-24(32)26(34)31-9-8-20-18(15-31)23(17-4-2-3-5-19(17)28-20)25(33)30-10-12-36-13-11-30/h2-7,14H,8-13,15H2,1H3,(H,29,32). The van der Waals surface area contributed by atoms with E-state index in [1.807, 2.05) is 24.3 Å². The number of amides is 3. The van der Waals surface area contributed by atoms with Gasteiger partial charge in [-0.3, -0.25) is 19.4 Å². The van der Waals surface area contributed by atoms with E-state index < -0.39 is 11.8 Å². The van der Waals surface area contributed by atoms with E-state index in [0.717, 1.165) is 16.6 Å². The Kier molecular flexibility index (Phi) is 6.75. The second kappa shape index (κ2) is 10.1. The third-order valence-electron chi connectivity index (χ3n) is 6.45. The molecule has 9 nitrogen and oxygen atoms in total. The number of aromatic nitrogens is 1. The van der Waals surface area contributed by atoms with Gasteiger partial charge >= 0.3 is 11.8 Å². The summed E-state index contributed by atoms with van der Waals surface area (Å²) in [6, 6.07) is 12.3. The molecule has 5 rings (SSSR count). The molecule has 0 aliphatic carbocycles. The summed E-state index contributed by atoms with van der Waals surface area (Å²) in [6.45, 7) is 2.37. The molecule has 186 valence electrons. The van der Waals surface area contributed by atoms with Crippen LogP contribution in [0.15, 0.2) is 42.5 Å². The van der Waals surface area contributed by atoms with Gasteiger partial charge in [0.15, 0.2) is 0 Å². The third kappa shape index (κ3) is 4.59. The Labute approximate surface area is 212 Å². The number of methoxy groups -OCH3 is 1. The smallest absolute Gasteiger partial charge is 0.314 e. The van der Waals surface area contributed by atoms with Crippen LogP contribution in [-0.4, -0.2) is 72.5 Å². The van der Waals surface area contributed by atoms with E-state index >= 15 is 0 Å². The highest BCUT2D eigenvalue weighted by atomic mass is 35.5. The first-order valence-electron chi connectivity index (χ1n) is 11.7. The number of morpholine rings is 1. The summed E-state index contributed by atoms with van der Waals surface area (Å²) in [5.74, 6) is -1.25. The Bertz CT molecular complexity index is 1360. The number of fused-ring (bicyclic) bond motifs is 2. The van der Waals surface area contributed by atoms with Gasteiger partial charge in [-0.15, -0.1) is 0 Å². The number of carbonyl (C=O) groups excluding carboxylic acids is 3. The van der Waals surface area contributed by atoms with Crippen molar-refractivity contribution in [3.63, 3.8) is 0 Å². The predicted octanol–water partition coefficient (Wildman–Crippen LogP) is 2.89. The largest absolute Gasteiger partial charge is 0.495 e. The summed E-state index contributed by atoms with van der Waals surface area (Å²) in [4.78, 5) is 47.7. The molecular weight excluding hydrogens is 484 g/mol. The first-order chi connectivity index (χ1) is 17.5. The molecule has 0 saturated carbocycles. The van der Waals surface area contributed by atoms with Gasteiger partial charge in [0, 0.05) is 54.3 Å². The highest BCUT2D eigenvalue weighted by Crippen LogP contribution is 2.31. The molecule has 1 N–H and O–H groups in total. The summed E-state index contributed by atoms with van der Waals surface area (Å²) < 4.78 is 10.7. The van der Waals surface area contributed by atoms with Crippen LogP contribution < -0.4 is 10.1 Å². The number of nitrogens with zero attached hydrogens (tertiary/aromatic N) is 3. The number of para-hydroxylation sites is 1. The van der Waals surface area contributed by atoms with Crippen LogP contribution in [0.25, 0.3) is 10.9 Å². The number of benzene rings is 2. The molecule has 2 aliphatic heterocycles. The maximum absolute atomic E-state index is 13.7. The van der Waals surface area contributed by atoms with Crippen molar-refractivity contribution in [2.45, 2.75) is 13.0 Å². The fourth-order valence-corrected chi connectivity index (χ4v) is 4.80. The molecule has 2 aliphatic rings. The van der Waals surface area contributed by atoms with Crippen molar-refractivity contribution in [2.24, 2.45) is 0 Å². The van der Waals surface area contributed by atoms with Crippen molar-refractivity contribution in [1.82, 2.24) is 14.8 Å². The summed E-state index contributed by atoms with van der Waals surface area (Å²) in [5.41, 5.74) is 3.02. The molecule has 3 aromatic rings. The van der Waals surface area contributed by atoms with Crippen molar-refractivity contribution in [1.29, 1.82) is 0 Å². The fraction of sp³-hybridized carbons (Fsp3) is 0.308. The Morgan fingerprint density at radius 2 is 1.83 bits per heavy atom. The molecule has 1 saturated heterocycles. The highest BCUT2D eigenvalue weighted by molar-refractivity contribution is 6.40. The van der Waals surface area contributed by atoms with Crippen molar-refractivity contribution in [3.05, 3.63) is 64.3 Å². The van der Waals surface area contributed by atoms with Gasteiger partial charge in [0.05, 0.1) is 37.1 Å². The minimum atomic E-state index is -0.811. The van der Waals surface area contributed by atoms with E-state index in [4.69, 9.17) is 26.1 Å². The van der Waals surface area contributed by atoms with Crippen molar-refractivity contribution in [2.75, 3.05) is 45.3 Å². The molecule has 1 fully saturated rings. The number of ether oxygens (including phenoxy) is 2. The zero-order valence-electron chi connectivity index (χ0n) is 19.8. The lowest BCUT2D eigenvalue weighted by molar-refractivity contribution is -0.143.